The molecule has 3 rings (SSSR count). The van der Waals surface area contributed by atoms with Crippen LogP contribution in [0.2, 0.25) is 0 Å². The third-order valence-electron chi connectivity index (χ3n) is 5.74. The van der Waals surface area contributed by atoms with Gasteiger partial charge in [-0.05, 0) is 62.2 Å². The number of benzene rings is 2. The van der Waals surface area contributed by atoms with Gasteiger partial charge in [-0.15, -0.1) is 0 Å². The third-order valence-corrected chi connectivity index (χ3v) is 5.74. The Balaban J connectivity index is 1.53. The summed E-state index contributed by atoms with van der Waals surface area (Å²) in [5, 5.41) is 2.91. The largest absolute Gasteiger partial charge is 0.465 e. The van der Waals surface area contributed by atoms with Crippen molar-refractivity contribution in [3.05, 3.63) is 65.7 Å². The van der Waals surface area contributed by atoms with Crippen molar-refractivity contribution < 1.29 is 19.1 Å². The molecule has 7 heteroatoms. The van der Waals surface area contributed by atoms with E-state index in [9.17, 15) is 14.4 Å². The van der Waals surface area contributed by atoms with Crippen molar-refractivity contribution in [2.75, 3.05) is 38.6 Å². The van der Waals surface area contributed by atoms with Crippen LogP contribution in [-0.4, -0.2) is 66.9 Å². The number of hydrogen-bond acceptors (Lipinski definition) is 5. The highest BCUT2D eigenvalue weighted by Gasteiger charge is 2.28. The van der Waals surface area contributed by atoms with Crippen molar-refractivity contribution in [2.45, 2.75) is 32.2 Å². The fourth-order valence-corrected chi connectivity index (χ4v) is 4.07. The molecule has 0 atom stereocenters. The molecule has 7 nitrogen and oxygen atoms in total. The van der Waals surface area contributed by atoms with Gasteiger partial charge >= 0.3 is 5.97 Å². The Kier molecular flexibility index (Phi) is 8.39. The van der Waals surface area contributed by atoms with Crippen molar-refractivity contribution >= 4 is 23.5 Å². The second kappa shape index (κ2) is 11.4. The van der Waals surface area contributed by atoms with Gasteiger partial charge in [0.05, 0.1) is 19.2 Å². The fourth-order valence-electron chi connectivity index (χ4n) is 4.07. The third kappa shape index (κ3) is 6.17. The summed E-state index contributed by atoms with van der Waals surface area (Å²) in [6.07, 6.45) is 2.64. The van der Waals surface area contributed by atoms with Gasteiger partial charge in [0, 0.05) is 30.4 Å². The summed E-state index contributed by atoms with van der Waals surface area (Å²) < 4.78 is 4.69. The number of esters is 1. The van der Waals surface area contributed by atoms with Crippen LogP contribution >= 0.6 is 0 Å². The molecule has 2 aromatic carbocycles. The zero-order valence-corrected chi connectivity index (χ0v) is 18.8. The second-order valence-corrected chi connectivity index (χ2v) is 7.98. The molecule has 2 amide bonds. The molecule has 2 aromatic rings. The van der Waals surface area contributed by atoms with Gasteiger partial charge < -0.3 is 15.0 Å². The average Bonchev–Trinajstić information content (AvgIpc) is 2.84. The smallest absolute Gasteiger partial charge is 0.337 e. The van der Waals surface area contributed by atoms with Crippen LogP contribution in [0.5, 0.6) is 0 Å². The van der Waals surface area contributed by atoms with E-state index in [-0.39, 0.29) is 17.9 Å². The van der Waals surface area contributed by atoms with Crippen LogP contribution in [-0.2, 0) is 9.53 Å². The Hall–Kier alpha value is -3.19. The van der Waals surface area contributed by atoms with Crippen molar-refractivity contribution in [3.63, 3.8) is 0 Å². The number of nitrogens with zero attached hydrogens (tertiary/aromatic N) is 2. The van der Waals surface area contributed by atoms with Crippen LogP contribution in [0.3, 0.4) is 0 Å². The summed E-state index contributed by atoms with van der Waals surface area (Å²) in [5.74, 6) is -0.430. The highest BCUT2D eigenvalue weighted by Crippen LogP contribution is 2.19. The average molecular weight is 438 g/mol. The summed E-state index contributed by atoms with van der Waals surface area (Å²) in [5.41, 5.74) is 1.80. The van der Waals surface area contributed by atoms with E-state index in [4.69, 9.17) is 4.74 Å². The van der Waals surface area contributed by atoms with Crippen molar-refractivity contribution in [1.82, 2.24) is 9.80 Å². The molecule has 0 spiro atoms. The van der Waals surface area contributed by atoms with Gasteiger partial charge in [0.15, 0.2) is 0 Å². The molecule has 1 heterocycles. The zero-order chi connectivity index (χ0) is 22.9. The lowest BCUT2D eigenvalue weighted by molar-refractivity contribution is -0.118. The number of nitrogens with one attached hydrogen (secondary N) is 1. The zero-order valence-electron chi connectivity index (χ0n) is 18.8. The number of rotatable bonds is 8. The maximum Gasteiger partial charge on any atom is 0.337 e. The first kappa shape index (κ1) is 23.5. The lowest BCUT2D eigenvalue weighted by Gasteiger charge is -2.38. The Labute approximate surface area is 189 Å². The van der Waals surface area contributed by atoms with Gasteiger partial charge in [0.1, 0.15) is 0 Å². The van der Waals surface area contributed by atoms with E-state index in [0.717, 1.165) is 25.8 Å². The van der Waals surface area contributed by atoms with Gasteiger partial charge in [-0.1, -0.05) is 25.1 Å². The van der Waals surface area contributed by atoms with E-state index in [0.29, 0.717) is 36.4 Å². The van der Waals surface area contributed by atoms with Crippen LogP contribution in [0.15, 0.2) is 54.6 Å². The summed E-state index contributed by atoms with van der Waals surface area (Å²) in [6, 6.07) is 16.3. The first-order valence-corrected chi connectivity index (χ1v) is 11.1. The van der Waals surface area contributed by atoms with Crippen LogP contribution < -0.4 is 5.32 Å². The number of piperidine rings is 1. The number of carbonyl (C=O) groups is 3. The van der Waals surface area contributed by atoms with Gasteiger partial charge in [0.2, 0.25) is 5.91 Å². The Bertz CT molecular complexity index is 907. The molecule has 0 unspecified atom stereocenters. The normalized spacial score (nSPS) is 14.3. The number of amides is 2. The molecular weight excluding hydrogens is 406 g/mol. The van der Waals surface area contributed by atoms with Crippen LogP contribution in [0.1, 0.15) is 46.9 Å². The lowest BCUT2D eigenvalue weighted by atomic mass is 10.0. The number of hydrogen-bond donors (Lipinski definition) is 1. The minimum Gasteiger partial charge on any atom is -0.465 e. The first-order valence-electron chi connectivity index (χ1n) is 11.1. The Morgan fingerprint density at radius 3 is 2.25 bits per heavy atom. The second-order valence-electron chi connectivity index (χ2n) is 7.98. The molecule has 1 N–H and O–H groups in total. The van der Waals surface area contributed by atoms with Gasteiger partial charge in [-0.3, -0.25) is 14.5 Å². The molecule has 32 heavy (non-hydrogen) atoms. The van der Waals surface area contributed by atoms with Crippen LogP contribution in [0, 0.1) is 0 Å². The predicted octanol–water partition coefficient (Wildman–Crippen LogP) is 3.43. The summed E-state index contributed by atoms with van der Waals surface area (Å²) in [6.45, 7) is 4.60. The first-order chi connectivity index (χ1) is 15.5. The molecule has 0 aliphatic carbocycles. The monoisotopic (exact) mass is 437 g/mol. The van der Waals surface area contributed by atoms with Crippen LogP contribution in [0.4, 0.5) is 5.69 Å². The molecule has 0 saturated carbocycles. The molecule has 1 fully saturated rings. The summed E-state index contributed by atoms with van der Waals surface area (Å²) >= 11 is 0. The van der Waals surface area contributed by atoms with E-state index >= 15 is 0 Å². The predicted molar refractivity (Wildman–Crippen MR) is 124 cm³/mol. The summed E-state index contributed by atoms with van der Waals surface area (Å²) in [4.78, 5) is 41.0. The van der Waals surface area contributed by atoms with E-state index in [1.165, 1.54) is 7.11 Å². The fraction of sp³-hybridized carbons (Fsp3) is 0.400. The van der Waals surface area contributed by atoms with Gasteiger partial charge in [0.25, 0.3) is 5.91 Å². The number of likely N-dealkylation sites (tertiary alicyclic amines) is 1. The number of anilines is 1. The molecular formula is C25H31N3O4. The number of methoxy groups -OCH3 is 1. The highest BCUT2D eigenvalue weighted by molar-refractivity contribution is 5.94. The van der Waals surface area contributed by atoms with Gasteiger partial charge in [-0.25, -0.2) is 4.79 Å². The van der Waals surface area contributed by atoms with Crippen molar-refractivity contribution in [3.8, 4) is 0 Å². The van der Waals surface area contributed by atoms with Crippen LogP contribution in [0.25, 0.3) is 0 Å². The molecule has 0 radical (unpaired) electrons. The van der Waals surface area contributed by atoms with E-state index in [1.54, 1.807) is 24.3 Å². The van der Waals surface area contributed by atoms with Crippen molar-refractivity contribution in [2.24, 2.45) is 0 Å². The van der Waals surface area contributed by atoms with E-state index < -0.39 is 5.97 Å². The van der Waals surface area contributed by atoms with Gasteiger partial charge in [-0.2, -0.15) is 0 Å². The highest BCUT2D eigenvalue weighted by atomic mass is 16.5. The molecule has 0 bridgehead atoms. The molecule has 1 saturated heterocycles. The maximum absolute atomic E-state index is 12.7. The lowest BCUT2D eigenvalue weighted by Crippen LogP contribution is -2.49. The minimum absolute atomic E-state index is 0.0687. The quantitative estimate of drug-likeness (QED) is 0.640. The standard InChI is InChI=1S/C25H31N3O4/c1-3-15-28(18-23(29)26-21-11-9-20(10-12-21)25(31)32-2)22-13-16-27(17-14-22)24(30)19-7-5-4-6-8-19/h4-12,22H,3,13-18H2,1-2H3,(H,26,29). The Morgan fingerprint density at radius 2 is 1.66 bits per heavy atom. The number of carbonyl (C=O) groups excluding carboxylic acids is 3. The number of ether oxygens (including phenoxy) is 1. The van der Waals surface area contributed by atoms with Crippen molar-refractivity contribution in [1.29, 1.82) is 0 Å². The SMILES string of the molecule is CCCN(CC(=O)Nc1ccc(C(=O)OC)cc1)C1CCN(C(=O)c2ccccc2)CC1. The summed E-state index contributed by atoms with van der Waals surface area (Å²) in [7, 11) is 1.34. The molecule has 0 aromatic heterocycles. The molecule has 170 valence electrons. The topological polar surface area (TPSA) is 79.0 Å². The van der Waals surface area contributed by atoms with E-state index in [1.807, 2.05) is 35.2 Å². The minimum atomic E-state index is -0.408. The van der Waals surface area contributed by atoms with E-state index in [2.05, 4.69) is 17.1 Å². The molecule has 1 aliphatic rings. The maximum atomic E-state index is 12.7. The Morgan fingerprint density at radius 1 is 1.00 bits per heavy atom. The molecule has 1 aliphatic heterocycles.